The number of aromatic nitrogens is 2. The van der Waals surface area contributed by atoms with Crippen molar-refractivity contribution in [1.29, 1.82) is 0 Å². The Morgan fingerprint density at radius 2 is 1.91 bits per heavy atom. The lowest BCUT2D eigenvalue weighted by atomic mass is 9.99. The summed E-state index contributed by atoms with van der Waals surface area (Å²) in [5, 5.41) is 26.6. The number of sulfonamides is 1. The van der Waals surface area contributed by atoms with Gasteiger partial charge in [0.05, 0.1) is 36.3 Å². The molecule has 0 spiro atoms. The Kier molecular flexibility index (Phi) is 11.1. The monoisotopic (exact) mass is 678 g/mol. The minimum atomic E-state index is -3.70. The number of nitrogens with zero attached hydrogens (tertiary/aromatic N) is 3. The number of aliphatic hydroxyl groups excluding tert-OH is 1. The van der Waals surface area contributed by atoms with Gasteiger partial charge in [-0.25, -0.2) is 8.42 Å². The first kappa shape index (κ1) is 34.3. The van der Waals surface area contributed by atoms with Crippen molar-refractivity contribution >= 4 is 38.9 Å². The van der Waals surface area contributed by atoms with Crippen LogP contribution in [0.4, 0.5) is 5.69 Å². The standard InChI is InChI=1S/C34H42N6O5S2/c1-4-28(26-20-36-37-21-26)35-22-31(41)29(16-23-10-6-5-7-11-23)38-33(42)24-17-25(19-27(18-24)39(2)47(3,44)45)34(43)40-14-8-12-30(40)32-13-9-15-46-32/h5-7,9-11,13,15,17-21,28-31,35,41H,4,8,12,14,16,22H2,1-3H3,(H,36,37)(H,38,42)/t28?,29-,30?,31+/m0/s1. The Bertz CT molecular complexity index is 1730. The number of anilines is 1. The Labute approximate surface area is 280 Å². The van der Waals surface area contributed by atoms with Gasteiger partial charge in [-0.3, -0.25) is 19.0 Å². The van der Waals surface area contributed by atoms with Crippen LogP contribution in [0.5, 0.6) is 0 Å². The van der Waals surface area contributed by atoms with E-state index in [0.29, 0.717) is 13.0 Å². The molecule has 1 aliphatic rings. The van der Waals surface area contributed by atoms with Crippen LogP contribution in [0.15, 0.2) is 78.4 Å². The number of amides is 2. The maximum atomic E-state index is 14.0. The Morgan fingerprint density at radius 3 is 2.57 bits per heavy atom. The molecule has 1 aliphatic heterocycles. The largest absolute Gasteiger partial charge is 0.390 e. The van der Waals surface area contributed by atoms with E-state index in [0.717, 1.165) is 45.8 Å². The number of aromatic amines is 1. The number of benzene rings is 2. The van der Waals surface area contributed by atoms with E-state index in [1.165, 1.54) is 25.2 Å². The van der Waals surface area contributed by atoms with Crippen LogP contribution in [-0.2, 0) is 16.4 Å². The summed E-state index contributed by atoms with van der Waals surface area (Å²) in [6, 6.07) is 17.2. The van der Waals surface area contributed by atoms with E-state index in [1.54, 1.807) is 28.6 Å². The zero-order valence-corrected chi connectivity index (χ0v) is 28.4. The topological polar surface area (TPSA) is 148 Å². The molecule has 0 saturated carbocycles. The number of carbonyl (C=O) groups is 2. The average Bonchev–Trinajstić information content (AvgIpc) is 3.87. The number of rotatable bonds is 14. The fraction of sp³-hybridized carbons (Fsp3) is 0.382. The van der Waals surface area contributed by atoms with Crippen LogP contribution >= 0.6 is 11.3 Å². The van der Waals surface area contributed by atoms with Crippen molar-refractivity contribution < 1.29 is 23.1 Å². The molecule has 13 heteroatoms. The second kappa shape index (κ2) is 15.2. The van der Waals surface area contributed by atoms with Crippen molar-refractivity contribution in [2.45, 2.75) is 56.8 Å². The molecule has 0 aliphatic carbocycles. The van der Waals surface area contributed by atoms with Crippen LogP contribution in [0.2, 0.25) is 0 Å². The average molecular weight is 679 g/mol. The maximum absolute atomic E-state index is 14.0. The summed E-state index contributed by atoms with van der Waals surface area (Å²) in [6.45, 7) is 2.79. The fourth-order valence-electron chi connectivity index (χ4n) is 5.95. The van der Waals surface area contributed by atoms with Crippen molar-refractivity contribution in [2.75, 3.05) is 30.7 Å². The number of likely N-dealkylation sites (tertiary alicyclic amines) is 1. The predicted molar refractivity (Wildman–Crippen MR) is 184 cm³/mol. The van der Waals surface area contributed by atoms with E-state index in [2.05, 4.69) is 20.8 Å². The minimum Gasteiger partial charge on any atom is -0.390 e. The highest BCUT2D eigenvalue weighted by Crippen LogP contribution is 2.36. The number of hydrogen-bond donors (Lipinski definition) is 4. The summed E-state index contributed by atoms with van der Waals surface area (Å²) in [7, 11) is -2.31. The summed E-state index contributed by atoms with van der Waals surface area (Å²) in [6.07, 6.45) is 6.43. The Hall–Kier alpha value is -4.04. The molecule has 11 nitrogen and oxygen atoms in total. The molecule has 4 atom stereocenters. The normalized spacial score (nSPS) is 16.9. The van der Waals surface area contributed by atoms with Gasteiger partial charge in [0.15, 0.2) is 0 Å². The van der Waals surface area contributed by atoms with E-state index in [4.69, 9.17) is 0 Å². The van der Waals surface area contributed by atoms with Crippen LogP contribution in [0.1, 0.15) is 75.0 Å². The number of hydrogen-bond acceptors (Lipinski definition) is 8. The van der Waals surface area contributed by atoms with E-state index in [-0.39, 0.29) is 41.3 Å². The maximum Gasteiger partial charge on any atom is 0.254 e. The van der Waals surface area contributed by atoms with E-state index >= 15 is 0 Å². The summed E-state index contributed by atoms with van der Waals surface area (Å²) in [4.78, 5) is 30.8. The Balaban J connectivity index is 1.43. The molecule has 250 valence electrons. The lowest BCUT2D eigenvalue weighted by Crippen LogP contribution is -2.49. The van der Waals surface area contributed by atoms with Crippen LogP contribution in [0.25, 0.3) is 0 Å². The minimum absolute atomic E-state index is 0.0446. The molecule has 3 heterocycles. The summed E-state index contributed by atoms with van der Waals surface area (Å²) in [5.41, 5.74) is 2.43. The molecule has 4 N–H and O–H groups in total. The number of thiophene rings is 1. The second-order valence-electron chi connectivity index (χ2n) is 11.9. The van der Waals surface area contributed by atoms with Crippen molar-refractivity contribution in [3.63, 3.8) is 0 Å². The summed E-state index contributed by atoms with van der Waals surface area (Å²) >= 11 is 1.59. The quantitative estimate of drug-likeness (QED) is 0.156. The fourth-order valence-corrected chi connectivity index (χ4v) is 7.31. The molecule has 47 heavy (non-hydrogen) atoms. The van der Waals surface area contributed by atoms with Crippen LogP contribution in [-0.4, -0.2) is 79.0 Å². The highest BCUT2D eigenvalue weighted by atomic mass is 32.2. The molecule has 1 saturated heterocycles. The van der Waals surface area contributed by atoms with Gasteiger partial charge in [-0.15, -0.1) is 11.3 Å². The molecule has 1 fully saturated rings. The lowest BCUT2D eigenvalue weighted by Gasteiger charge is -2.27. The van der Waals surface area contributed by atoms with Crippen LogP contribution in [0.3, 0.4) is 0 Å². The van der Waals surface area contributed by atoms with Crippen LogP contribution in [0, 0.1) is 0 Å². The van der Waals surface area contributed by atoms with Crippen molar-refractivity contribution in [2.24, 2.45) is 0 Å². The summed E-state index contributed by atoms with van der Waals surface area (Å²) < 4.78 is 26.2. The van der Waals surface area contributed by atoms with Gasteiger partial charge in [0.1, 0.15) is 0 Å². The van der Waals surface area contributed by atoms with Gasteiger partial charge in [-0.1, -0.05) is 43.3 Å². The first-order chi connectivity index (χ1) is 22.5. The van der Waals surface area contributed by atoms with Gasteiger partial charge < -0.3 is 20.6 Å². The predicted octanol–water partition coefficient (Wildman–Crippen LogP) is 4.29. The van der Waals surface area contributed by atoms with E-state index in [9.17, 15) is 23.1 Å². The van der Waals surface area contributed by atoms with Gasteiger partial charge >= 0.3 is 0 Å². The van der Waals surface area contributed by atoms with Gasteiger partial charge in [0.25, 0.3) is 11.8 Å². The molecule has 2 aromatic heterocycles. The number of nitrogens with one attached hydrogen (secondary N) is 3. The van der Waals surface area contributed by atoms with Gasteiger partial charge in [0, 0.05) is 53.9 Å². The highest BCUT2D eigenvalue weighted by Gasteiger charge is 2.32. The molecule has 2 aromatic carbocycles. The highest BCUT2D eigenvalue weighted by molar-refractivity contribution is 7.92. The van der Waals surface area contributed by atoms with Crippen molar-refractivity contribution in [1.82, 2.24) is 25.7 Å². The third-order valence-corrected chi connectivity index (χ3v) is 10.8. The second-order valence-corrected chi connectivity index (χ2v) is 14.9. The SMILES string of the molecule is CCC(NC[C@@H](O)[C@H](Cc1ccccc1)NC(=O)c1cc(C(=O)N2CCCC2c2cccs2)cc(N(C)S(C)(=O)=O)c1)c1cn[nH]c1. The smallest absolute Gasteiger partial charge is 0.254 e. The number of aliphatic hydroxyl groups is 1. The third kappa shape index (κ3) is 8.47. The molecule has 0 bridgehead atoms. The van der Waals surface area contributed by atoms with Gasteiger partial charge in [-0.2, -0.15) is 5.10 Å². The third-order valence-electron chi connectivity index (χ3n) is 8.66. The van der Waals surface area contributed by atoms with Crippen LogP contribution < -0.4 is 14.9 Å². The number of H-pyrrole nitrogens is 1. The summed E-state index contributed by atoms with van der Waals surface area (Å²) in [5.74, 6) is -0.797. The van der Waals surface area contributed by atoms with Crippen molar-refractivity contribution in [3.8, 4) is 0 Å². The lowest BCUT2D eigenvalue weighted by molar-refractivity contribution is 0.0737. The number of carbonyl (C=O) groups excluding carboxylic acids is 2. The zero-order chi connectivity index (χ0) is 33.6. The van der Waals surface area contributed by atoms with Gasteiger partial charge in [-0.05, 0) is 60.9 Å². The molecular weight excluding hydrogens is 637 g/mol. The molecule has 4 aromatic rings. The molecule has 0 radical (unpaired) electrons. The molecule has 2 unspecified atom stereocenters. The Morgan fingerprint density at radius 1 is 1.15 bits per heavy atom. The van der Waals surface area contributed by atoms with E-state index in [1.807, 2.05) is 54.8 Å². The van der Waals surface area contributed by atoms with Gasteiger partial charge in [0.2, 0.25) is 10.0 Å². The zero-order valence-electron chi connectivity index (χ0n) is 26.8. The van der Waals surface area contributed by atoms with Crippen molar-refractivity contribution in [3.05, 3.63) is 106 Å². The van der Waals surface area contributed by atoms with E-state index < -0.39 is 28.1 Å². The first-order valence-corrected chi connectivity index (χ1v) is 18.5. The first-order valence-electron chi connectivity index (χ1n) is 15.7. The molecule has 2 amide bonds. The molecular formula is C34H42N6O5S2. The molecule has 5 rings (SSSR count).